The Morgan fingerprint density at radius 3 is 2.50 bits per heavy atom. The zero-order chi connectivity index (χ0) is 6.57. The van der Waals surface area contributed by atoms with E-state index in [9.17, 15) is 0 Å². The van der Waals surface area contributed by atoms with Gasteiger partial charge in [0.15, 0.2) is 0 Å². The predicted octanol–water partition coefficient (Wildman–Crippen LogP) is 1.33. The van der Waals surface area contributed by atoms with Crippen LogP contribution in [0.5, 0.6) is 0 Å². The third-order valence-electron chi connectivity index (χ3n) is 0.955. The molecule has 0 saturated carbocycles. The van der Waals surface area contributed by atoms with Crippen LogP contribution in [0.3, 0.4) is 0 Å². The summed E-state index contributed by atoms with van der Waals surface area (Å²) in [5.41, 5.74) is 6.32. The van der Waals surface area contributed by atoms with E-state index < -0.39 is 0 Å². The van der Waals surface area contributed by atoms with Gasteiger partial charge in [0.2, 0.25) is 0 Å². The molecule has 0 rings (SSSR count). The van der Waals surface area contributed by atoms with Crippen LogP contribution in [-0.4, -0.2) is 6.54 Å². The fraction of sp³-hybridized carbons (Fsp3) is 0.333. The van der Waals surface area contributed by atoms with Crippen LogP contribution in [-0.2, 0) is 0 Å². The van der Waals surface area contributed by atoms with Gasteiger partial charge in [0.05, 0.1) is 0 Å². The first-order valence-corrected chi connectivity index (χ1v) is 2.88. The lowest BCUT2D eigenvalue weighted by Gasteiger charge is -1.95. The Hall–Kier alpha value is -0.210. The van der Waals surface area contributed by atoms with Crippen LogP contribution in [0.2, 0.25) is 0 Å². The van der Waals surface area contributed by atoms with Crippen molar-refractivity contribution in [3.63, 3.8) is 0 Å². The van der Waals surface area contributed by atoms with Crippen molar-refractivity contribution in [3.8, 4) is 0 Å². The van der Waals surface area contributed by atoms with E-state index in [0.29, 0.717) is 6.54 Å². The molecule has 0 aromatic carbocycles. The molecule has 0 saturated heterocycles. The lowest BCUT2D eigenvalue weighted by Crippen LogP contribution is -1.99. The molecule has 0 aliphatic heterocycles. The molecular formula is C6H11NS. The molecule has 2 heteroatoms. The first kappa shape index (κ1) is 7.79. The molecule has 0 heterocycles. The summed E-state index contributed by atoms with van der Waals surface area (Å²) in [5.74, 6) is 0. The summed E-state index contributed by atoms with van der Waals surface area (Å²) < 4.78 is 0. The van der Waals surface area contributed by atoms with Crippen molar-refractivity contribution in [1.29, 1.82) is 0 Å². The van der Waals surface area contributed by atoms with E-state index in [1.54, 1.807) is 6.08 Å². The summed E-state index contributed by atoms with van der Waals surface area (Å²) >= 11 is 4.09. The molecule has 46 valence electrons. The summed E-state index contributed by atoms with van der Waals surface area (Å²) in [5, 5.41) is 0. The summed E-state index contributed by atoms with van der Waals surface area (Å²) in [7, 11) is 0. The second-order valence-corrected chi connectivity index (χ2v) is 2.08. The van der Waals surface area contributed by atoms with Crippen LogP contribution < -0.4 is 5.73 Å². The lowest BCUT2D eigenvalue weighted by atomic mass is 10.3. The number of hydrogen-bond donors (Lipinski definition) is 2. The molecule has 8 heavy (non-hydrogen) atoms. The monoisotopic (exact) mass is 129 g/mol. The summed E-state index contributed by atoms with van der Waals surface area (Å²) in [4.78, 5) is 0.903. The van der Waals surface area contributed by atoms with Crippen molar-refractivity contribution in [2.45, 2.75) is 6.92 Å². The van der Waals surface area contributed by atoms with Crippen LogP contribution >= 0.6 is 12.6 Å². The van der Waals surface area contributed by atoms with E-state index in [1.165, 1.54) is 0 Å². The van der Waals surface area contributed by atoms with Gasteiger partial charge in [-0.05, 0) is 17.4 Å². The molecule has 0 bridgehead atoms. The number of nitrogens with two attached hydrogens (primary N) is 1. The average molecular weight is 129 g/mol. The maximum atomic E-state index is 5.27. The van der Waals surface area contributed by atoms with Crippen molar-refractivity contribution in [3.05, 3.63) is 23.1 Å². The van der Waals surface area contributed by atoms with E-state index in [2.05, 4.69) is 19.2 Å². The standard InChI is InChI=1S/C6H11NS/c1-3-5(2)6(8)4-7/h3,8H,1,4,7H2,2H3/b6-5-. The van der Waals surface area contributed by atoms with E-state index in [1.807, 2.05) is 6.92 Å². The van der Waals surface area contributed by atoms with Crippen molar-refractivity contribution in [2.24, 2.45) is 5.73 Å². The summed E-state index contributed by atoms with van der Waals surface area (Å²) in [6, 6.07) is 0. The van der Waals surface area contributed by atoms with Crippen molar-refractivity contribution in [1.82, 2.24) is 0 Å². The maximum Gasteiger partial charge on any atom is 0.0238 e. The molecule has 0 fully saturated rings. The molecule has 1 nitrogen and oxygen atoms in total. The Balaban J connectivity index is 4.03. The second-order valence-electron chi connectivity index (χ2n) is 1.54. The summed E-state index contributed by atoms with van der Waals surface area (Å²) in [6.07, 6.45) is 1.75. The molecule has 2 N–H and O–H groups in total. The minimum atomic E-state index is 0.501. The molecule has 0 spiro atoms. The molecular weight excluding hydrogens is 118 g/mol. The second kappa shape index (κ2) is 3.75. The Labute approximate surface area is 55.7 Å². The largest absolute Gasteiger partial charge is 0.326 e. The molecule has 0 aliphatic carbocycles. The van der Waals surface area contributed by atoms with Gasteiger partial charge in [0.25, 0.3) is 0 Å². The van der Waals surface area contributed by atoms with Crippen LogP contribution in [0, 0.1) is 0 Å². The average Bonchev–Trinajstić information content (AvgIpc) is 1.84. The quantitative estimate of drug-likeness (QED) is 0.427. The molecule has 0 atom stereocenters. The number of hydrogen-bond acceptors (Lipinski definition) is 2. The number of rotatable bonds is 2. The van der Waals surface area contributed by atoms with Gasteiger partial charge in [-0.3, -0.25) is 0 Å². The van der Waals surface area contributed by atoms with E-state index in [-0.39, 0.29) is 0 Å². The third kappa shape index (κ3) is 2.19. The SMILES string of the molecule is C=C/C(C)=C(\S)CN. The van der Waals surface area contributed by atoms with Gasteiger partial charge in [-0.25, -0.2) is 0 Å². The van der Waals surface area contributed by atoms with E-state index in [0.717, 1.165) is 10.5 Å². The fourth-order valence-electron chi connectivity index (χ4n) is 0.279. The molecule has 0 aliphatic rings. The predicted molar refractivity (Wildman–Crippen MR) is 40.9 cm³/mol. The zero-order valence-corrected chi connectivity index (χ0v) is 5.91. The maximum absolute atomic E-state index is 5.27. The van der Waals surface area contributed by atoms with Crippen LogP contribution in [0.1, 0.15) is 6.92 Å². The molecule has 0 unspecified atom stereocenters. The van der Waals surface area contributed by atoms with Gasteiger partial charge in [-0.2, -0.15) is 0 Å². The number of allylic oxidation sites excluding steroid dienone is 2. The summed E-state index contributed by atoms with van der Waals surface area (Å²) in [6.45, 7) is 6.00. The molecule has 0 radical (unpaired) electrons. The first-order chi connectivity index (χ1) is 3.72. The fourth-order valence-corrected chi connectivity index (χ4v) is 0.370. The van der Waals surface area contributed by atoms with Crippen LogP contribution in [0.4, 0.5) is 0 Å². The van der Waals surface area contributed by atoms with Crippen molar-refractivity contribution >= 4 is 12.6 Å². The smallest absolute Gasteiger partial charge is 0.0238 e. The highest BCUT2D eigenvalue weighted by Gasteiger charge is 1.87. The lowest BCUT2D eigenvalue weighted by molar-refractivity contribution is 1.21. The topological polar surface area (TPSA) is 26.0 Å². The Morgan fingerprint density at radius 2 is 2.38 bits per heavy atom. The zero-order valence-electron chi connectivity index (χ0n) is 5.02. The Bertz CT molecular complexity index is 116. The van der Waals surface area contributed by atoms with Crippen LogP contribution in [0.15, 0.2) is 23.1 Å². The van der Waals surface area contributed by atoms with E-state index in [4.69, 9.17) is 5.73 Å². The van der Waals surface area contributed by atoms with E-state index >= 15 is 0 Å². The van der Waals surface area contributed by atoms with Gasteiger partial charge in [-0.1, -0.05) is 12.7 Å². The normalized spacial score (nSPS) is 12.9. The molecule has 0 amide bonds. The minimum absolute atomic E-state index is 0.501. The highest BCUT2D eigenvalue weighted by Crippen LogP contribution is 2.05. The molecule has 0 aromatic heterocycles. The van der Waals surface area contributed by atoms with Crippen molar-refractivity contribution < 1.29 is 0 Å². The van der Waals surface area contributed by atoms with Gasteiger partial charge >= 0.3 is 0 Å². The van der Waals surface area contributed by atoms with Gasteiger partial charge in [0.1, 0.15) is 0 Å². The first-order valence-electron chi connectivity index (χ1n) is 2.43. The minimum Gasteiger partial charge on any atom is -0.326 e. The van der Waals surface area contributed by atoms with Crippen LogP contribution in [0.25, 0.3) is 0 Å². The highest BCUT2D eigenvalue weighted by molar-refractivity contribution is 7.84. The Morgan fingerprint density at radius 1 is 1.88 bits per heavy atom. The van der Waals surface area contributed by atoms with Crippen molar-refractivity contribution in [2.75, 3.05) is 6.54 Å². The third-order valence-corrected chi connectivity index (χ3v) is 1.49. The van der Waals surface area contributed by atoms with Gasteiger partial charge in [-0.15, -0.1) is 12.6 Å². The van der Waals surface area contributed by atoms with Gasteiger partial charge < -0.3 is 5.73 Å². The number of thiol groups is 1. The molecule has 0 aromatic rings. The van der Waals surface area contributed by atoms with Gasteiger partial charge in [0, 0.05) is 6.54 Å². The highest BCUT2D eigenvalue weighted by atomic mass is 32.1. The Kier molecular flexibility index (Phi) is 3.65.